The van der Waals surface area contributed by atoms with Crippen molar-refractivity contribution in [2.75, 3.05) is 0 Å². The predicted octanol–water partition coefficient (Wildman–Crippen LogP) is 0.743. The van der Waals surface area contributed by atoms with Gasteiger partial charge < -0.3 is 9.52 Å². The largest absolute Gasteiger partial charge is 0.500 e. The summed E-state index contributed by atoms with van der Waals surface area (Å²) in [6.07, 6.45) is 0.985. The molecule has 0 bridgehead atoms. The highest BCUT2D eigenvalue weighted by atomic mass is 16.4. The molecule has 5 nitrogen and oxygen atoms in total. The van der Waals surface area contributed by atoms with Crippen LogP contribution in [0.25, 0.3) is 0 Å². The molecule has 0 saturated carbocycles. The van der Waals surface area contributed by atoms with Crippen LogP contribution in [0.3, 0.4) is 0 Å². The zero-order chi connectivity index (χ0) is 7.56. The first-order valence-corrected chi connectivity index (χ1v) is 2.40. The smallest absolute Gasteiger partial charge is 0.307 e. The first-order valence-electron chi connectivity index (χ1n) is 2.40. The molecular formula is C5H3NO4. The Morgan fingerprint density at radius 2 is 2.30 bits per heavy atom. The van der Waals surface area contributed by atoms with Crippen LogP contribution in [0.5, 0.6) is 5.75 Å². The van der Waals surface area contributed by atoms with Crippen LogP contribution in [-0.4, -0.2) is 5.11 Å². The second kappa shape index (κ2) is 2.30. The Balaban J connectivity index is 3.41. The van der Waals surface area contributed by atoms with Crippen LogP contribution in [0.1, 0.15) is 0 Å². The molecule has 0 amide bonds. The van der Waals surface area contributed by atoms with Crippen molar-refractivity contribution in [1.29, 1.82) is 0 Å². The lowest BCUT2D eigenvalue weighted by Crippen LogP contribution is -1.95. The summed E-state index contributed by atoms with van der Waals surface area (Å²) in [5, 5.41) is 11.0. The topological polar surface area (TPSA) is 79.9 Å². The third-order valence-corrected chi connectivity index (χ3v) is 0.918. The van der Waals surface area contributed by atoms with Gasteiger partial charge in [-0.05, 0) is 0 Å². The van der Waals surface area contributed by atoms with Crippen LogP contribution < -0.4 is 5.43 Å². The lowest BCUT2D eigenvalue weighted by atomic mass is 10.4. The maximum atomic E-state index is 10.5. The predicted molar refractivity (Wildman–Crippen MR) is 32.1 cm³/mol. The van der Waals surface area contributed by atoms with Gasteiger partial charge in [-0.15, -0.1) is 4.91 Å². The third-order valence-electron chi connectivity index (χ3n) is 0.918. The molecule has 0 atom stereocenters. The van der Waals surface area contributed by atoms with E-state index in [4.69, 9.17) is 5.11 Å². The van der Waals surface area contributed by atoms with E-state index in [0.717, 1.165) is 12.3 Å². The van der Waals surface area contributed by atoms with Gasteiger partial charge in [0.2, 0.25) is 11.2 Å². The average Bonchev–Trinajstić information content (AvgIpc) is 1.95. The number of nitroso groups, excluding NO2 is 1. The molecule has 0 aliphatic rings. The summed E-state index contributed by atoms with van der Waals surface area (Å²) >= 11 is 0. The molecule has 0 radical (unpaired) electrons. The van der Waals surface area contributed by atoms with Crippen molar-refractivity contribution in [3.05, 3.63) is 27.5 Å². The van der Waals surface area contributed by atoms with Crippen LogP contribution in [0, 0.1) is 4.91 Å². The van der Waals surface area contributed by atoms with E-state index in [9.17, 15) is 9.70 Å². The molecule has 0 saturated heterocycles. The Labute approximate surface area is 54.9 Å². The quantitative estimate of drug-likeness (QED) is 0.585. The van der Waals surface area contributed by atoms with Gasteiger partial charge >= 0.3 is 5.88 Å². The number of hydrogen-bond donors (Lipinski definition) is 1. The molecule has 1 heterocycles. The van der Waals surface area contributed by atoms with E-state index in [1.54, 1.807) is 0 Å². The zero-order valence-electron chi connectivity index (χ0n) is 4.77. The lowest BCUT2D eigenvalue weighted by Gasteiger charge is -1.88. The number of nitrogens with zero attached hydrogens (tertiary/aromatic N) is 1. The second-order valence-electron chi connectivity index (χ2n) is 1.53. The van der Waals surface area contributed by atoms with E-state index in [-0.39, 0.29) is 0 Å². The monoisotopic (exact) mass is 141 g/mol. The molecule has 1 rings (SSSR count). The van der Waals surface area contributed by atoms with Gasteiger partial charge in [-0.25, -0.2) is 0 Å². The van der Waals surface area contributed by atoms with Gasteiger partial charge in [-0.2, -0.15) is 0 Å². The van der Waals surface area contributed by atoms with Gasteiger partial charge in [0.1, 0.15) is 0 Å². The third kappa shape index (κ3) is 0.883. The molecule has 0 unspecified atom stereocenters. The molecule has 10 heavy (non-hydrogen) atoms. The van der Waals surface area contributed by atoms with Crippen molar-refractivity contribution in [2.45, 2.75) is 0 Å². The summed E-state index contributed by atoms with van der Waals surface area (Å²) in [7, 11) is 0. The number of aromatic hydroxyl groups is 1. The van der Waals surface area contributed by atoms with Gasteiger partial charge in [-0.3, -0.25) is 4.79 Å². The summed E-state index contributed by atoms with van der Waals surface area (Å²) in [6, 6.07) is 0.990. The molecular weight excluding hydrogens is 138 g/mol. The van der Waals surface area contributed by atoms with Crippen molar-refractivity contribution < 1.29 is 9.52 Å². The van der Waals surface area contributed by atoms with E-state index in [1.807, 2.05) is 0 Å². The summed E-state index contributed by atoms with van der Waals surface area (Å²) in [5.74, 6) is -1.34. The summed E-state index contributed by atoms with van der Waals surface area (Å²) in [4.78, 5) is 20.2. The Hall–Kier alpha value is -1.65. The second-order valence-corrected chi connectivity index (χ2v) is 1.53. The van der Waals surface area contributed by atoms with Crippen molar-refractivity contribution in [2.24, 2.45) is 5.18 Å². The minimum absolute atomic E-state index is 0.590. The Kier molecular flexibility index (Phi) is 1.49. The number of rotatable bonds is 1. The first-order chi connectivity index (χ1) is 4.75. The molecule has 0 aliphatic heterocycles. The molecule has 5 heteroatoms. The summed E-state index contributed by atoms with van der Waals surface area (Å²) in [5.41, 5.74) is -0.680. The van der Waals surface area contributed by atoms with Crippen molar-refractivity contribution in [1.82, 2.24) is 0 Å². The van der Waals surface area contributed by atoms with Gasteiger partial charge in [0.25, 0.3) is 0 Å². The molecule has 0 fully saturated rings. The van der Waals surface area contributed by atoms with Gasteiger partial charge in [0.15, 0.2) is 0 Å². The maximum Gasteiger partial charge on any atom is 0.307 e. The highest BCUT2D eigenvalue weighted by Crippen LogP contribution is 2.19. The van der Waals surface area contributed by atoms with Crippen LogP contribution in [0.15, 0.2) is 26.7 Å². The first kappa shape index (κ1) is 6.47. The average molecular weight is 141 g/mol. The highest BCUT2D eigenvalue weighted by molar-refractivity contribution is 5.38. The van der Waals surface area contributed by atoms with Crippen molar-refractivity contribution in [3.8, 4) is 5.75 Å². The van der Waals surface area contributed by atoms with E-state index in [0.29, 0.717) is 0 Å². The zero-order valence-corrected chi connectivity index (χ0v) is 4.77. The minimum atomic E-state index is -0.752. The Morgan fingerprint density at radius 3 is 2.80 bits per heavy atom. The normalized spacial score (nSPS) is 9.20. The lowest BCUT2D eigenvalue weighted by molar-refractivity contribution is 0.436. The molecule has 1 N–H and O–H groups in total. The molecule has 1 aromatic heterocycles. The van der Waals surface area contributed by atoms with Gasteiger partial charge in [-0.1, -0.05) is 0 Å². The molecule has 1 aromatic rings. The molecule has 0 aromatic carbocycles. The number of hydrogen-bond acceptors (Lipinski definition) is 5. The minimum Gasteiger partial charge on any atom is -0.500 e. The van der Waals surface area contributed by atoms with E-state index in [1.165, 1.54) is 0 Å². The maximum absolute atomic E-state index is 10.5. The molecule has 52 valence electrons. The Morgan fingerprint density at radius 1 is 1.60 bits per heavy atom. The fourth-order valence-corrected chi connectivity index (χ4v) is 0.465. The molecule has 0 aliphatic carbocycles. The fourth-order valence-electron chi connectivity index (χ4n) is 0.465. The van der Waals surface area contributed by atoms with E-state index < -0.39 is 17.1 Å². The molecule has 0 spiro atoms. The Bertz CT molecular complexity index is 303. The van der Waals surface area contributed by atoms with Crippen LogP contribution in [0.2, 0.25) is 0 Å². The van der Waals surface area contributed by atoms with Gasteiger partial charge in [0.05, 0.1) is 6.26 Å². The van der Waals surface area contributed by atoms with E-state index in [2.05, 4.69) is 9.59 Å². The summed E-state index contributed by atoms with van der Waals surface area (Å²) in [6.45, 7) is 0. The summed E-state index contributed by atoms with van der Waals surface area (Å²) < 4.78 is 4.36. The SMILES string of the molecule is O=Nc1occc(=O)c1O. The standard InChI is InChI=1S/C5H3NO4/c7-3-1-2-10-5(6-9)4(3)8/h1-2,8H. The highest BCUT2D eigenvalue weighted by Gasteiger charge is 2.05. The van der Waals surface area contributed by atoms with Crippen molar-refractivity contribution >= 4 is 5.88 Å². The van der Waals surface area contributed by atoms with Gasteiger partial charge in [0, 0.05) is 11.2 Å². The fraction of sp³-hybridized carbons (Fsp3) is 0. The van der Waals surface area contributed by atoms with Crippen LogP contribution in [0.4, 0.5) is 5.88 Å². The van der Waals surface area contributed by atoms with Crippen LogP contribution >= 0.6 is 0 Å². The van der Waals surface area contributed by atoms with E-state index >= 15 is 0 Å². The van der Waals surface area contributed by atoms with Crippen molar-refractivity contribution in [3.63, 3.8) is 0 Å². The van der Waals surface area contributed by atoms with Crippen LogP contribution in [-0.2, 0) is 0 Å².